The zero-order chi connectivity index (χ0) is 16.1. The Morgan fingerprint density at radius 3 is 2.83 bits per heavy atom. The smallest absolute Gasteiger partial charge is 0.0619 e. The maximum Gasteiger partial charge on any atom is 0.0619 e. The Morgan fingerprint density at radius 2 is 1.96 bits per heavy atom. The predicted octanol–water partition coefficient (Wildman–Crippen LogP) is 4.41. The van der Waals surface area contributed by atoms with Crippen molar-refractivity contribution >= 4 is 33.5 Å². The minimum Gasteiger partial charge on any atom is -0.298 e. The molecule has 3 heteroatoms. The van der Waals surface area contributed by atoms with Gasteiger partial charge in [0.15, 0.2) is 0 Å². The van der Waals surface area contributed by atoms with Crippen LogP contribution in [0.25, 0.3) is 10.9 Å². The molecular formula is C21H17IN2. The summed E-state index contributed by atoms with van der Waals surface area (Å²) in [6.45, 7) is 3.48. The number of aromatic nitrogens is 1. The molecule has 2 aromatic carbocycles. The lowest BCUT2D eigenvalue weighted by Crippen LogP contribution is -2.25. The van der Waals surface area contributed by atoms with Crippen LogP contribution in [0.2, 0.25) is 0 Å². The van der Waals surface area contributed by atoms with Gasteiger partial charge in [0.1, 0.15) is 0 Å². The third-order valence-corrected chi connectivity index (χ3v) is 5.87. The van der Waals surface area contributed by atoms with E-state index in [0.29, 0.717) is 5.92 Å². The van der Waals surface area contributed by atoms with Crippen LogP contribution in [0.3, 0.4) is 0 Å². The summed E-state index contributed by atoms with van der Waals surface area (Å²) in [6, 6.07) is 20.5. The highest BCUT2D eigenvalue weighted by atomic mass is 127. The largest absolute Gasteiger partial charge is 0.298 e. The van der Waals surface area contributed by atoms with Crippen molar-refractivity contribution in [2.45, 2.75) is 18.9 Å². The quantitative estimate of drug-likeness (QED) is 0.384. The van der Waals surface area contributed by atoms with Gasteiger partial charge in [-0.2, -0.15) is 0 Å². The van der Waals surface area contributed by atoms with E-state index in [4.69, 9.17) is 0 Å². The van der Waals surface area contributed by atoms with E-state index in [1.165, 1.54) is 45.2 Å². The standard InChI is InChI=1S/C21H17IN2/c22-17-6-7-20-18(12-17)19-14-23-10-9-16(13-23)21(19)24(20)11-8-15-4-2-1-3-5-15/h1-7,12,16H,9-10,13-14H2. The van der Waals surface area contributed by atoms with Crippen LogP contribution in [0.1, 0.15) is 29.2 Å². The Labute approximate surface area is 155 Å². The van der Waals surface area contributed by atoms with Crippen LogP contribution in [-0.2, 0) is 6.54 Å². The SMILES string of the molecule is Ic1ccc2c(c1)c1c(n2C#Cc2ccccc2)C2CCN(C1)C2. The highest BCUT2D eigenvalue weighted by Crippen LogP contribution is 2.41. The lowest BCUT2D eigenvalue weighted by molar-refractivity contribution is 0.313. The van der Waals surface area contributed by atoms with Gasteiger partial charge in [0, 0.05) is 45.3 Å². The van der Waals surface area contributed by atoms with E-state index in [2.05, 4.69) is 74.4 Å². The Morgan fingerprint density at radius 1 is 1.08 bits per heavy atom. The molecule has 0 saturated carbocycles. The number of hydrogen-bond donors (Lipinski definition) is 0. The van der Waals surface area contributed by atoms with Crippen molar-refractivity contribution in [3.63, 3.8) is 0 Å². The fraction of sp³-hybridized carbons (Fsp3) is 0.238. The number of hydrogen-bond acceptors (Lipinski definition) is 1. The molecule has 2 nitrogen and oxygen atoms in total. The van der Waals surface area contributed by atoms with Crippen molar-refractivity contribution < 1.29 is 0 Å². The molecule has 118 valence electrons. The fourth-order valence-electron chi connectivity index (χ4n) is 4.13. The number of benzene rings is 2. The Bertz CT molecular complexity index is 991. The van der Waals surface area contributed by atoms with Gasteiger partial charge in [-0.05, 0) is 77.4 Å². The van der Waals surface area contributed by atoms with E-state index in [1.54, 1.807) is 0 Å². The fourth-order valence-corrected chi connectivity index (χ4v) is 4.62. The molecular weight excluding hydrogens is 407 g/mol. The van der Waals surface area contributed by atoms with Crippen LogP contribution >= 0.6 is 22.6 Å². The molecule has 2 bridgehead atoms. The van der Waals surface area contributed by atoms with Crippen LogP contribution in [0.4, 0.5) is 0 Å². The molecule has 1 fully saturated rings. The molecule has 0 N–H and O–H groups in total. The van der Waals surface area contributed by atoms with E-state index in [-0.39, 0.29) is 0 Å². The average Bonchev–Trinajstić information content (AvgIpc) is 3.13. The van der Waals surface area contributed by atoms with Gasteiger partial charge in [0.25, 0.3) is 0 Å². The van der Waals surface area contributed by atoms with Crippen LogP contribution in [-0.4, -0.2) is 22.6 Å². The number of halogens is 1. The monoisotopic (exact) mass is 424 g/mol. The molecule has 1 aromatic heterocycles. The Hall–Kier alpha value is -1.77. The molecule has 24 heavy (non-hydrogen) atoms. The van der Waals surface area contributed by atoms with E-state index in [0.717, 1.165) is 12.1 Å². The Kier molecular flexibility index (Phi) is 3.43. The predicted molar refractivity (Wildman–Crippen MR) is 106 cm³/mol. The lowest BCUT2D eigenvalue weighted by Gasteiger charge is -2.23. The van der Waals surface area contributed by atoms with Gasteiger partial charge < -0.3 is 0 Å². The van der Waals surface area contributed by atoms with Gasteiger partial charge in [0.05, 0.1) is 5.52 Å². The zero-order valence-corrected chi connectivity index (χ0v) is 15.5. The first-order chi connectivity index (χ1) is 11.8. The number of rotatable bonds is 0. The average molecular weight is 424 g/mol. The van der Waals surface area contributed by atoms with Gasteiger partial charge in [-0.25, -0.2) is 0 Å². The zero-order valence-electron chi connectivity index (χ0n) is 13.3. The molecule has 2 aliphatic heterocycles. The summed E-state index contributed by atoms with van der Waals surface area (Å²) in [5.74, 6) is 3.99. The number of fused-ring (bicyclic) bond motifs is 6. The second-order valence-corrected chi connectivity index (χ2v) is 7.93. The molecule has 0 spiro atoms. The maximum absolute atomic E-state index is 3.46. The summed E-state index contributed by atoms with van der Waals surface area (Å²) >= 11 is 2.41. The highest BCUT2D eigenvalue weighted by Gasteiger charge is 2.35. The molecule has 2 unspecified atom stereocenters. The molecule has 0 radical (unpaired) electrons. The van der Waals surface area contributed by atoms with Crippen molar-refractivity contribution in [2.24, 2.45) is 0 Å². The van der Waals surface area contributed by atoms with E-state index >= 15 is 0 Å². The van der Waals surface area contributed by atoms with Gasteiger partial charge in [-0.3, -0.25) is 9.47 Å². The van der Waals surface area contributed by atoms with Crippen LogP contribution in [0, 0.1) is 15.5 Å². The van der Waals surface area contributed by atoms with Crippen molar-refractivity contribution in [2.75, 3.05) is 13.1 Å². The molecule has 0 aliphatic carbocycles. The topological polar surface area (TPSA) is 8.17 Å². The Balaban J connectivity index is 1.75. The lowest BCUT2D eigenvalue weighted by atomic mass is 9.97. The van der Waals surface area contributed by atoms with Crippen molar-refractivity contribution in [1.82, 2.24) is 9.47 Å². The molecule has 5 rings (SSSR count). The molecule has 1 saturated heterocycles. The molecule has 2 atom stereocenters. The third-order valence-electron chi connectivity index (χ3n) is 5.20. The van der Waals surface area contributed by atoms with Gasteiger partial charge in [-0.15, -0.1) is 0 Å². The van der Waals surface area contributed by atoms with E-state index in [1.807, 2.05) is 18.2 Å². The van der Waals surface area contributed by atoms with Gasteiger partial charge in [-0.1, -0.05) is 18.2 Å². The summed E-state index contributed by atoms with van der Waals surface area (Å²) in [5, 5.41) is 1.39. The summed E-state index contributed by atoms with van der Waals surface area (Å²) < 4.78 is 3.57. The van der Waals surface area contributed by atoms with Gasteiger partial charge >= 0.3 is 0 Å². The summed E-state index contributed by atoms with van der Waals surface area (Å²) in [4.78, 5) is 2.58. The molecule has 2 aliphatic rings. The second kappa shape index (κ2) is 5.65. The third kappa shape index (κ3) is 2.28. The van der Waals surface area contributed by atoms with E-state index < -0.39 is 0 Å². The normalized spacial score (nSPS) is 21.4. The van der Waals surface area contributed by atoms with Crippen molar-refractivity contribution in [3.05, 3.63) is 68.9 Å². The van der Waals surface area contributed by atoms with Crippen LogP contribution < -0.4 is 0 Å². The van der Waals surface area contributed by atoms with Gasteiger partial charge in [0.2, 0.25) is 0 Å². The first kappa shape index (κ1) is 14.6. The highest BCUT2D eigenvalue weighted by molar-refractivity contribution is 14.1. The molecule has 3 aromatic rings. The van der Waals surface area contributed by atoms with Crippen LogP contribution in [0.15, 0.2) is 48.5 Å². The maximum atomic E-state index is 3.46. The molecule has 3 heterocycles. The second-order valence-electron chi connectivity index (χ2n) is 6.68. The first-order valence-electron chi connectivity index (χ1n) is 8.42. The summed E-state index contributed by atoms with van der Waals surface area (Å²) in [6.07, 6.45) is 1.26. The minimum atomic E-state index is 0.629. The summed E-state index contributed by atoms with van der Waals surface area (Å²) in [5.41, 5.74) is 5.30. The van der Waals surface area contributed by atoms with Crippen molar-refractivity contribution in [3.8, 4) is 12.0 Å². The minimum absolute atomic E-state index is 0.629. The van der Waals surface area contributed by atoms with Crippen molar-refractivity contribution in [1.29, 1.82) is 0 Å². The van der Waals surface area contributed by atoms with E-state index in [9.17, 15) is 0 Å². The number of nitrogens with zero attached hydrogens (tertiary/aromatic N) is 2. The summed E-state index contributed by atoms with van der Waals surface area (Å²) in [7, 11) is 0. The molecule has 0 amide bonds. The first-order valence-corrected chi connectivity index (χ1v) is 9.49. The van der Waals surface area contributed by atoms with Crippen LogP contribution in [0.5, 0.6) is 0 Å².